The van der Waals surface area contributed by atoms with Gasteiger partial charge in [-0.2, -0.15) is 0 Å². The van der Waals surface area contributed by atoms with Crippen LogP contribution in [-0.4, -0.2) is 0 Å². The summed E-state index contributed by atoms with van der Waals surface area (Å²) < 4.78 is 0. The van der Waals surface area contributed by atoms with E-state index in [4.69, 9.17) is 0 Å². The molecule has 0 unspecified atom stereocenters. The van der Waals surface area contributed by atoms with E-state index in [0.717, 1.165) is 11.1 Å². The van der Waals surface area contributed by atoms with Crippen LogP contribution in [0.4, 0.5) is 0 Å². The van der Waals surface area contributed by atoms with Gasteiger partial charge in [-0.1, -0.05) is 55.1 Å². The first-order chi connectivity index (χ1) is 7.40. The highest BCUT2D eigenvalue weighted by molar-refractivity contribution is 5.75. The van der Waals surface area contributed by atoms with Crippen LogP contribution >= 0.6 is 0 Å². The molecular weight excluding hydrogens is 180 g/mol. The van der Waals surface area contributed by atoms with E-state index in [1.54, 1.807) is 0 Å². The van der Waals surface area contributed by atoms with Gasteiger partial charge in [-0.05, 0) is 23.3 Å². The van der Waals surface area contributed by atoms with Crippen molar-refractivity contribution in [2.75, 3.05) is 0 Å². The molecule has 1 aromatic carbocycles. The minimum atomic E-state index is 1.11. The Hall–Kier alpha value is -2.04. The molecule has 0 heteroatoms. The molecule has 0 fully saturated rings. The summed E-state index contributed by atoms with van der Waals surface area (Å²) in [5, 5.41) is 0. The molecule has 0 aromatic heterocycles. The second-order valence-electron chi connectivity index (χ2n) is 3.29. The molecule has 1 aromatic rings. The lowest BCUT2D eigenvalue weighted by Gasteiger charge is -1.99. The van der Waals surface area contributed by atoms with Crippen molar-refractivity contribution in [3.05, 3.63) is 78.1 Å². The first-order valence-electron chi connectivity index (χ1n) is 4.93. The largest absolute Gasteiger partial charge is 0.112 e. The molecule has 0 spiro atoms. The quantitative estimate of drug-likeness (QED) is 0.621. The molecule has 0 saturated carbocycles. The molecule has 2 rings (SSSR count). The van der Waals surface area contributed by atoms with E-state index in [2.05, 4.69) is 42.7 Å². The molecule has 72 valence electrons. The number of hydrogen-bond donors (Lipinski definition) is 0. The first-order valence-corrected chi connectivity index (χ1v) is 4.93. The summed E-state index contributed by atoms with van der Waals surface area (Å²) in [6.45, 7) is 3.74. The Labute approximate surface area is 90.3 Å². The van der Waals surface area contributed by atoms with Crippen LogP contribution in [0, 0.1) is 0 Å². The summed E-state index contributed by atoms with van der Waals surface area (Å²) in [5.74, 6) is 0. The number of benzene rings is 1. The van der Waals surface area contributed by atoms with Crippen LogP contribution in [0.2, 0.25) is 0 Å². The van der Waals surface area contributed by atoms with Gasteiger partial charge in [0.25, 0.3) is 0 Å². The predicted octanol–water partition coefficient (Wildman–Crippen LogP) is 3.99. The van der Waals surface area contributed by atoms with Crippen LogP contribution in [0.5, 0.6) is 0 Å². The minimum absolute atomic E-state index is 1.11. The molecule has 0 N–H and O–H groups in total. The topological polar surface area (TPSA) is 0 Å². The van der Waals surface area contributed by atoms with Crippen molar-refractivity contribution < 1.29 is 0 Å². The fourth-order valence-corrected chi connectivity index (χ4v) is 1.44. The highest BCUT2D eigenvalue weighted by atomic mass is 14.0. The SMILES string of the molecule is C=Cc1ccc(C2=C=CC=CC=C2)cc1. The Balaban J connectivity index is 2.38. The zero-order chi connectivity index (χ0) is 10.5. The lowest BCUT2D eigenvalue weighted by molar-refractivity contribution is 1.60. The maximum absolute atomic E-state index is 3.74. The molecule has 0 saturated heterocycles. The fraction of sp³-hybridized carbons (Fsp3) is 0. The minimum Gasteiger partial charge on any atom is -0.112 e. The van der Waals surface area contributed by atoms with Crippen LogP contribution < -0.4 is 0 Å². The third-order valence-electron chi connectivity index (χ3n) is 2.28. The molecule has 0 nitrogen and oxygen atoms in total. The van der Waals surface area contributed by atoms with E-state index in [0.29, 0.717) is 0 Å². The molecular formula is C15H12. The number of allylic oxidation sites excluding steroid dienone is 5. The van der Waals surface area contributed by atoms with Gasteiger partial charge in [0, 0.05) is 5.57 Å². The van der Waals surface area contributed by atoms with Crippen molar-refractivity contribution in [1.29, 1.82) is 0 Å². The Kier molecular flexibility index (Phi) is 2.82. The summed E-state index contributed by atoms with van der Waals surface area (Å²) in [5.41, 5.74) is 6.65. The van der Waals surface area contributed by atoms with Gasteiger partial charge < -0.3 is 0 Å². The van der Waals surface area contributed by atoms with E-state index in [9.17, 15) is 0 Å². The highest BCUT2D eigenvalue weighted by Gasteiger charge is 1.96. The van der Waals surface area contributed by atoms with Gasteiger partial charge >= 0.3 is 0 Å². The zero-order valence-corrected chi connectivity index (χ0v) is 8.48. The lowest BCUT2D eigenvalue weighted by Crippen LogP contribution is -1.79. The number of hydrogen-bond acceptors (Lipinski definition) is 0. The van der Waals surface area contributed by atoms with E-state index >= 15 is 0 Å². The Morgan fingerprint density at radius 1 is 1.00 bits per heavy atom. The van der Waals surface area contributed by atoms with Crippen molar-refractivity contribution >= 4 is 11.6 Å². The van der Waals surface area contributed by atoms with Gasteiger partial charge in [0.05, 0.1) is 0 Å². The van der Waals surface area contributed by atoms with Gasteiger partial charge in [-0.3, -0.25) is 0 Å². The van der Waals surface area contributed by atoms with Gasteiger partial charge in [0.1, 0.15) is 0 Å². The van der Waals surface area contributed by atoms with E-state index in [-0.39, 0.29) is 0 Å². The maximum Gasteiger partial charge on any atom is 0.0237 e. The molecule has 1 aliphatic carbocycles. The van der Waals surface area contributed by atoms with Crippen molar-refractivity contribution in [1.82, 2.24) is 0 Å². The molecule has 1 aliphatic rings. The average molecular weight is 192 g/mol. The monoisotopic (exact) mass is 192 g/mol. The van der Waals surface area contributed by atoms with Crippen LogP contribution in [-0.2, 0) is 0 Å². The van der Waals surface area contributed by atoms with E-state index < -0.39 is 0 Å². The molecule has 15 heavy (non-hydrogen) atoms. The lowest BCUT2D eigenvalue weighted by atomic mass is 10.0. The fourth-order valence-electron chi connectivity index (χ4n) is 1.44. The Morgan fingerprint density at radius 2 is 1.80 bits per heavy atom. The molecule has 0 heterocycles. The maximum atomic E-state index is 3.74. The summed E-state index contributed by atoms with van der Waals surface area (Å²) in [6, 6.07) is 8.29. The van der Waals surface area contributed by atoms with Crippen LogP contribution in [0.1, 0.15) is 11.1 Å². The van der Waals surface area contributed by atoms with Crippen LogP contribution in [0.3, 0.4) is 0 Å². The van der Waals surface area contributed by atoms with Crippen molar-refractivity contribution in [2.24, 2.45) is 0 Å². The van der Waals surface area contributed by atoms with Crippen molar-refractivity contribution in [3.8, 4) is 0 Å². The van der Waals surface area contributed by atoms with Crippen molar-refractivity contribution in [3.63, 3.8) is 0 Å². The second kappa shape index (κ2) is 4.45. The molecule has 0 amide bonds. The highest BCUT2D eigenvalue weighted by Crippen LogP contribution is 2.17. The standard InChI is InChI=1S/C15H12/c1-2-13-9-11-15(12-10-13)14-7-5-3-4-6-8-14/h2-7,9-12H,1H2. The summed E-state index contributed by atoms with van der Waals surface area (Å²) >= 11 is 0. The van der Waals surface area contributed by atoms with Crippen LogP contribution in [0.25, 0.3) is 11.6 Å². The van der Waals surface area contributed by atoms with Gasteiger partial charge in [0.15, 0.2) is 0 Å². The smallest absolute Gasteiger partial charge is 0.0237 e. The van der Waals surface area contributed by atoms with Gasteiger partial charge in [-0.25, -0.2) is 0 Å². The molecule has 0 radical (unpaired) electrons. The Bertz CT molecular complexity index is 475. The Morgan fingerprint density at radius 3 is 2.53 bits per heavy atom. The zero-order valence-electron chi connectivity index (χ0n) is 8.48. The van der Waals surface area contributed by atoms with E-state index in [1.807, 2.05) is 30.4 Å². The summed E-state index contributed by atoms with van der Waals surface area (Å²) in [6.07, 6.45) is 11.8. The molecule has 0 aliphatic heterocycles. The third-order valence-corrected chi connectivity index (χ3v) is 2.28. The average Bonchev–Trinajstić information content (AvgIpc) is 2.58. The van der Waals surface area contributed by atoms with Gasteiger partial charge in [0.2, 0.25) is 0 Å². The predicted molar refractivity (Wildman–Crippen MR) is 66.3 cm³/mol. The van der Waals surface area contributed by atoms with E-state index in [1.165, 1.54) is 5.56 Å². The van der Waals surface area contributed by atoms with Crippen LogP contribution in [0.15, 0.2) is 67.0 Å². The molecule has 0 atom stereocenters. The van der Waals surface area contributed by atoms with Crippen molar-refractivity contribution in [2.45, 2.75) is 0 Å². The second-order valence-corrected chi connectivity index (χ2v) is 3.29. The first kappa shape index (κ1) is 9.51. The molecule has 0 bridgehead atoms. The summed E-state index contributed by atoms with van der Waals surface area (Å²) in [7, 11) is 0. The summed E-state index contributed by atoms with van der Waals surface area (Å²) in [4.78, 5) is 0. The third kappa shape index (κ3) is 2.25. The number of rotatable bonds is 2. The van der Waals surface area contributed by atoms with Gasteiger partial charge in [-0.15, -0.1) is 5.73 Å². The normalized spacial score (nSPS) is 13.5.